The maximum Gasteiger partial charge on any atom is 0.321 e. The third-order valence-corrected chi connectivity index (χ3v) is 10.1. The number of benzene rings is 2. The summed E-state index contributed by atoms with van der Waals surface area (Å²) in [4.78, 5) is 35.0. The third-order valence-electron chi connectivity index (χ3n) is 8.23. The Morgan fingerprint density at radius 3 is 2.29 bits per heavy atom. The van der Waals surface area contributed by atoms with Gasteiger partial charge in [0.15, 0.2) is 0 Å². The van der Waals surface area contributed by atoms with Gasteiger partial charge in [-0.05, 0) is 53.1 Å². The second kappa shape index (κ2) is 16.7. The molecule has 2 heterocycles. The summed E-state index contributed by atoms with van der Waals surface area (Å²) in [5.41, 5.74) is 2.26. The molecule has 1 saturated heterocycles. The number of pyridine rings is 1. The number of carbonyl (C=O) groups is 2. The number of aliphatic hydroxyl groups is 1. The van der Waals surface area contributed by atoms with Crippen LogP contribution in [-0.2, 0) is 27.8 Å². The van der Waals surface area contributed by atoms with Gasteiger partial charge in [-0.3, -0.25) is 9.78 Å². The fraction of sp³-hybridized carbons (Fsp3) is 0.429. The Bertz CT molecular complexity index is 1620. The van der Waals surface area contributed by atoms with Gasteiger partial charge < -0.3 is 25.4 Å². The molecule has 0 radical (unpaired) electrons. The Morgan fingerprint density at radius 1 is 1.00 bits per heavy atom. The van der Waals surface area contributed by atoms with Gasteiger partial charge in [0.2, 0.25) is 15.9 Å². The van der Waals surface area contributed by atoms with Crippen LogP contribution in [0.25, 0.3) is 0 Å². The number of sulfonamides is 1. The topological polar surface area (TPSA) is 156 Å². The number of urea groups is 1. The molecule has 0 unspecified atom stereocenters. The van der Waals surface area contributed by atoms with Crippen LogP contribution in [0.5, 0.6) is 0 Å². The highest BCUT2D eigenvalue weighted by Crippen LogP contribution is 2.23. The Balaban J connectivity index is 1.57. The van der Waals surface area contributed by atoms with Crippen molar-refractivity contribution < 1.29 is 28.3 Å². The van der Waals surface area contributed by atoms with Crippen molar-refractivity contribution in [1.82, 2.24) is 24.4 Å². The molecule has 3 atom stereocenters. The molecule has 1 aliphatic rings. The predicted octanol–water partition coefficient (Wildman–Crippen LogP) is 3.59. The molecule has 3 N–H and O–H groups in total. The first-order valence-electron chi connectivity index (χ1n) is 16.1. The Labute approximate surface area is 283 Å². The highest BCUT2D eigenvalue weighted by molar-refractivity contribution is 7.89. The van der Waals surface area contributed by atoms with E-state index in [0.29, 0.717) is 25.2 Å². The summed E-state index contributed by atoms with van der Waals surface area (Å²) < 4.78 is 28.9. The Morgan fingerprint density at radius 2 is 1.69 bits per heavy atom. The molecule has 12 nitrogen and oxygen atoms in total. The second-order valence-corrected chi connectivity index (χ2v) is 14.8. The Kier molecular flexibility index (Phi) is 12.7. The fourth-order valence-corrected chi connectivity index (χ4v) is 7.52. The van der Waals surface area contributed by atoms with Crippen LogP contribution < -0.4 is 5.32 Å². The number of nitrogens with zero attached hydrogens (tertiary/aromatic N) is 5. The molecule has 0 aliphatic carbocycles. The molecule has 0 saturated carbocycles. The van der Waals surface area contributed by atoms with Crippen LogP contribution in [0.2, 0.25) is 0 Å². The van der Waals surface area contributed by atoms with E-state index in [1.165, 1.54) is 34.8 Å². The number of hydrogen-bond acceptors (Lipinski definition) is 8. The number of amides is 3. The van der Waals surface area contributed by atoms with Gasteiger partial charge >= 0.3 is 6.03 Å². The van der Waals surface area contributed by atoms with E-state index in [-0.39, 0.29) is 42.3 Å². The molecule has 0 bridgehead atoms. The summed E-state index contributed by atoms with van der Waals surface area (Å²) in [6, 6.07) is 17.0. The van der Waals surface area contributed by atoms with E-state index in [1.807, 2.05) is 70.2 Å². The summed E-state index contributed by atoms with van der Waals surface area (Å²) in [6.07, 6.45) is 3.53. The van der Waals surface area contributed by atoms with Crippen molar-refractivity contribution in [3.05, 3.63) is 95.8 Å². The maximum absolute atomic E-state index is 14.0. The molecule has 1 aliphatic heterocycles. The SMILES string of the molecule is CC(C)CN(C[C@H](O)[C@H](Cc1ccccc1)NC(=O)[C@H](C(C)C)N1CCN(Cc2cccnc2)C1=O)S(=O)(=O)c1ccc(C=NO)cc1. The number of oxime groups is 1. The summed E-state index contributed by atoms with van der Waals surface area (Å²) in [5, 5.41) is 26.5. The molecule has 2 aromatic carbocycles. The first-order valence-corrected chi connectivity index (χ1v) is 17.6. The van der Waals surface area contributed by atoms with Crippen LogP contribution >= 0.6 is 0 Å². The van der Waals surface area contributed by atoms with Gasteiger partial charge in [-0.2, -0.15) is 4.31 Å². The number of carbonyl (C=O) groups excluding carboxylic acids is 2. The zero-order valence-corrected chi connectivity index (χ0v) is 28.7. The molecular weight excluding hydrogens is 632 g/mol. The zero-order chi connectivity index (χ0) is 34.8. The van der Waals surface area contributed by atoms with Gasteiger partial charge in [-0.15, -0.1) is 0 Å². The minimum absolute atomic E-state index is 0.0253. The molecule has 48 heavy (non-hydrogen) atoms. The van der Waals surface area contributed by atoms with E-state index < -0.39 is 34.1 Å². The lowest BCUT2D eigenvalue weighted by atomic mass is 9.97. The second-order valence-electron chi connectivity index (χ2n) is 12.8. The average Bonchev–Trinajstić information content (AvgIpc) is 3.40. The van der Waals surface area contributed by atoms with E-state index in [2.05, 4.69) is 15.5 Å². The Hall–Kier alpha value is -4.33. The van der Waals surface area contributed by atoms with Crippen LogP contribution in [0.4, 0.5) is 4.79 Å². The summed E-state index contributed by atoms with van der Waals surface area (Å²) in [5.74, 6) is -0.713. The summed E-state index contributed by atoms with van der Waals surface area (Å²) in [7, 11) is -4.05. The van der Waals surface area contributed by atoms with Gasteiger partial charge in [-0.25, -0.2) is 13.2 Å². The van der Waals surface area contributed by atoms with Crippen molar-refractivity contribution in [1.29, 1.82) is 0 Å². The van der Waals surface area contributed by atoms with Crippen LogP contribution in [0.3, 0.4) is 0 Å². The zero-order valence-electron chi connectivity index (χ0n) is 27.9. The van der Waals surface area contributed by atoms with E-state index in [9.17, 15) is 23.1 Å². The normalized spacial score (nSPS) is 15.9. The number of aliphatic hydroxyl groups excluding tert-OH is 1. The van der Waals surface area contributed by atoms with Crippen LogP contribution in [-0.4, -0.2) is 100 Å². The lowest BCUT2D eigenvalue weighted by Gasteiger charge is -2.34. The van der Waals surface area contributed by atoms with Gasteiger partial charge in [0.1, 0.15) is 6.04 Å². The average molecular weight is 679 g/mol. The summed E-state index contributed by atoms with van der Waals surface area (Å²) >= 11 is 0. The maximum atomic E-state index is 14.0. The first kappa shape index (κ1) is 36.5. The monoisotopic (exact) mass is 678 g/mol. The highest BCUT2D eigenvalue weighted by Gasteiger charge is 2.40. The van der Waals surface area contributed by atoms with E-state index in [0.717, 1.165) is 11.1 Å². The van der Waals surface area contributed by atoms with Crippen molar-refractivity contribution in [2.24, 2.45) is 17.0 Å². The lowest BCUT2D eigenvalue weighted by molar-refractivity contribution is -0.128. The van der Waals surface area contributed by atoms with Gasteiger partial charge in [0, 0.05) is 45.1 Å². The van der Waals surface area contributed by atoms with Crippen LogP contribution in [0.1, 0.15) is 44.4 Å². The van der Waals surface area contributed by atoms with E-state index in [4.69, 9.17) is 5.21 Å². The van der Waals surface area contributed by atoms with Crippen LogP contribution in [0, 0.1) is 11.8 Å². The minimum Gasteiger partial charge on any atom is -0.411 e. The quantitative estimate of drug-likeness (QED) is 0.119. The summed E-state index contributed by atoms with van der Waals surface area (Å²) in [6.45, 7) is 8.58. The highest BCUT2D eigenvalue weighted by atomic mass is 32.2. The number of rotatable bonds is 16. The molecule has 258 valence electrons. The standard InChI is InChI=1S/C35H46N6O6S/c1-25(2)22-40(48(46,47)30-14-12-28(13-15-30)21-37-45)24-32(42)31(19-27-9-6-5-7-10-27)38-34(43)33(26(3)4)41-18-17-39(35(41)44)23-29-11-8-16-36-20-29/h5-16,20-21,25-26,31-33,42,45H,17-19,22-24H2,1-4H3,(H,38,43)/t31-,32-,33-/m0/s1. The van der Waals surface area contributed by atoms with Crippen molar-refractivity contribution in [3.8, 4) is 0 Å². The third kappa shape index (κ3) is 9.39. The van der Waals surface area contributed by atoms with Crippen molar-refractivity contribution >= 4 is 28.2 Å². The van der Waals surface area contributed by atoms with Crippen molar-refractivity contribution in [2.45, 2.75) is 63.7 Å². The van der Waals surface area contributed by atoms with Crippen LogP contribution in [0.15, 0.2) is 89.2 Å². The van der Waals surface area contributed by atoms with Gasteiger partial charge in [-0.1, -0.05) is 81.4 Å². The molecule has 3 aromatic rings. The molecule has 0 spiro atoms. The van der Waals surface area contributed by atoms with Gasteiger partial charge in [0.25, 0.3) is 0 Å². The number of hydrogen-bond donors (Lipinski definition) is 3. The van der Waals surface area contributed by atoms with Crippen molar-refractivity contribution in [2.75, 3.05) is 26.2 Å². The predicted molar refractivity (Wildman–Crippen MR) is 183 cm³/mol. The molecule has 1 fully saturated rings. The fourth-order valence-electron chi connectivity index (χ4n) is 5.90. The molecule has 13 heteroatoms. The van der Waals surface area contributed by atoms with E-state index >= 15 is 0 Å². The first-order chi connectivity index (χ1) is 22.9. The lowest BCUT2D eigenvalue weighted by Crippen LogP contribution is -2.57. The molecule has 3 amide bonds. The number of aromatic nitrogens is 1. The smallest absolute Gasteiger partial charge is 0.321 e. The largest absolute Gasteiger partial charge is 0.411 e. The van der Waals surface area contributed by atoms with Gasteiger partial charge in [0.05, 0.1) is 23.3 Å². The van der Waals surface area contributed by atoms with E-state index in [1.54, 1.807) is 22.2 Å². The molecule has 1 aromatic heterocycles. The number of nitrogens with one attached hydrogen (secondary N) is 1. The molecule has 4 rings (SSSR count). The minimum atomic E-state index is -4.05. The van der Waals surface area contributed by atoms with Crippen molar-refractivity contribution in [3.63, 3.8) is 0 Å². The molecular formula is C35H46N6O6S.